The molecule has 3 aromatic carbocycles. The average Bonchev–Trinajstić information content (AvgIpc) is 2.93. The lowest BCUT2D eigenvalue weighted by atomic mass is 10.1. The van der Waals surface area contributed by atoms with Crippen molar-refractivity contribution < 1.29 is 18.0 Å². The first-order chi connectivity index (χ1) is 19.5. The van der Waals surface area contributed by atoms with E-state index < -0.39 is 28.5 Å². The molecule has 11 heteroatoms. The molecule has 2 amide bonds. The lowest BCUT2D eigenvalue weighted by molar-refractivity contribution is -0.140. The van der Waals surface area contributed by atoms with Crippen LogP contribution in [0.15, 0.2) is 71.6 Å². The van der Waals surface area contributed by atoms with E-state index in [1.807, 2.05) is 13.8 Å². The molecule has 0 unspecified atom stereocenters. The van der Waals surface area contributed by atoms with Crippen LogP contribution in [0.25, 0.3) is 0 Å². The number of nitrogens with one attached hydrogen (secondary N) is 1. The number of carbonyl (C=O) groups is 2. The third-order valence-corrected chi connectivity index (χ3v) is 9.20. The Balaban J connectivity index is 2.05. The Bertz CT molecular complexity index is 1450. The molecule has 0 spiro atoms. The molecule has 220 valence electrons. The molecule has 0 saturated heterocycles. The monoisotopic (exact) mass is 637 g/mol. The maximum Gasteiger partial charge on any atom is 0.264 e. The third-order valence-electron chi connectivity index (χ3n) is 6.57. The Morgan fingerprint density at radius 1 is 0.902 bits per heavy atom. The highest BCUT2D eigenvalue weighted by Crippen LogP contribution is 2.28. The van der Waals surface area contributed by atoms with E-state index in [-0.39, 0.29) is 23.0 Å². The molecule has 41 heavy (non-hydrogen) atoms. The highest BCUT2D eigenvalue weighted by molar-refractivity contribution is 7.92. The van der Waals surface area contributed by atoms with Gasteiger partial charge in [0.2, 0.25) is 11.8 Å². The standard InChI is InChI=1S/C30H34Cl3N3O4S/c1-4-6-17-34-30(38)28(5-2)35(19-22-9-10-24(32)18-27(22)33)29(37)20-36(25-13-11-23(31)12-14-25)41(39,40)26-15-7-21(3)8-16-26/h7-16,18,28H,4-6,17,19-20H2,1-3H3,(H,34,38)/t28-/m0/s1. The van der Waals surface area contributed by atoms with E-state index in [4.69, 9.17) is 34.8 Å². The van der Waals surface area contributed by atoms with E-state index in [0.29, 0.717) is 33.6 Å². The number of carbonyl (C=O) groups excluding carboxylic acids is 2. The van der Waals surface area contributed by atoms with Crippen LogP contribution in [0.2, 0.25) is 15.1 Å². The fourth-order valence-electron chi connectivity index (χ4n) is 4.23. The number of sulfonamides is 1. The van der Waals surface area contributed by atoms with Gasteiger partial charge in [-0.25, -0.2) is 8.42 Å². The normalized spacial score (nSPS) is 12.0. The van der Waals surface area contributed by atoms with Gasteiger partial charge >= 0.3 is 0 Å². The number of rotatable bonds is 13. The number of amides is 2. The van der Waals surface area contributed by atoms with Gasteiger partial charge in [0.15, 0.2) is 0 Å². The minimum Gasteiger partial charge on any atom is -0.354 e. The van der Waals surface area contributed by atoms with Crippen molar-refractivity contribution in [2.75, 3.05) is 17.4 Å². The molecule has 0 aliphatic heterocycles. The zero-order valence-electron chi connectivity index (χ0n) is 23.2. The first-order valence-corrected chi connectivity index (χ1v) is 15.9. The van der Waals surface area contributed by atoms with Crippen molar-refractivity contribution >= 4 is 62.3 Å². The lowest BCUT2D eigenvalue weighted by Gasteiger charge is -2.33. The van der Waals surface area contributed by atoms with Crippen molar-refractivity contribution in [3.8, 4) is 0 Å². The summed E-state index contributed by atoms with van der Waals surface area (Å²) in [4.78, 5) is 28.8. The van der Waals surface area contributed by atoms with Crippen LogP contribution in [0, 0.1) is 6.92 Å². The van der Waals surface area contributed by atoms with Gasteiger partial charge in [0.25, 0.3) is 10.0 Å². The highest BCUT2D eigenvalue weighted by Gasteiger charge is 2.34. The Hall–Kier alpha value is -2.78. The summed E-state index contributed by atoms with van der Waals surface area (Å²) in [6, 6.07) is 16.6. The smallest absolute Gasteiger partial charge is 0.264 e. The van der Waals surface area contributed by atoms with E-state index in [1.54, 1.807) is 49.4 Å². The summed E-state index contributed by atoms with van der Waals surface area (Å²) in [7, 11) is -4.17. The van der Waals surface area contributed by atoms with Crippen molar-refractivity contribution in [3.05, 3.63) is 92.9 Å². The van der Waals surface area contributed by atoms with Crippen LogP contribution in [0.3, 0.4) is 0 Å². The van der Waals surface area contributed by atoms with Gasteiger partial charge in [0.05, 0.1) is 10.6 Å². The lowest BCUT2D eigenvalue weighted by Crippen LogP contribution is -2.52. The Kier molecular flexibility index (Phi) is 11.9. The van der Waals surface area contributed by atoms with Gasteiger partial charge in [-0.15, -0.1) is 0 Å². The Labute approximate surface area is 257 Å². The molecule has 0 bridgehead atoms. The number of unbranched alkanes of at least 4 members (excludes halogenated alkanes) is 1. The van der Waals surface area contributed by atoms with Crippen LogP contribution in [-0.4, -0.2) is 44.3 Å². The molecule has 0 fully saturated rings. The summed E-state index contributed by atoms with van der Waals surface area (Å²) < 4.78 is 28.8. The molecule has 0 radical (unpaired) electrons. The summed E-state index contributed by atoms with van der Waals surface area (Å²) >= 11 is 18.6. The summed E-state index contributed by atoms with van der Waals surface area (Å²) in [6.07, 6.45) is 1.99. The number of benzene rings is 3. The van der Waals surface area contributed by atoms with Crippen molar-refractivity contribution in [1.82, 2.24) is 10.2 Å². The van der Waals surface area contributed by atoms with Gasteiger partial charge in [-0.3, -0.25) is 13.9 Å². The molecule has 0 aliphatic rings. The average molecular weight is 639 g/mol. The summed E-state index contributed by atoms with van der Waals surface area (Å²) in [5.41, 5.74) is 1.72. The molecular weight excluding hydrogens is 605 g/mol. The van der Waals surface area contributed by atoms with Crippen molar-refractivity contribution in [2.24, 2.45) is 0 Å². The first-order valence-electron chi connectivity index (χ1n) is 13.3. The van der Waals surface area contributed by atoms with Gasteiger partial charge in [0.1, 0.15) is 12.6 Å². The molecule has 0 aromatic heterocycles. The number of hydrogen-bond acceptors (Lipinski definition) is 4. The van der Waals surface area contributed by atoms with Crippen molar-refractivity contribution in [1.29, 1.82) is 0 Å². The molecule has 7 nitrogen and oxygen atoms in total. The number of aryl methyl sites for hydroxylation is 1. The highest BCUT2D eigenvalue weighted by atomic mass is 35.5. The quantitative estimate of drug-likeness (QED) is 0.207. The molecule has 1 atom stereocenters. The van der Waals surface area contributed by atoms with E-state index in [1.165, 1.54) is 29.2 Å². The van der Waals surface area contributed by atoms with E-state index >= 15 is 0 Å². The van der Waals surface area contributed by atoms with Gasteiger partial charge in [-0.1, -0.05) is 78.8 Å². The SMILES string of the molecule is CCCCNC(=O)[C@H](CC)N(Cc1ccc(Cl)cc1Cl)C(=O)CN(c1ccc(Cl)cc1)S(=O)(=O)c1ccc(C)cc1. The van der Waals surface area contributed by atoms with Crippen LogP contribution in [0.5, 0.6) is 0 Å². The second-order valence-corrected chi connectivity index (χ2v) is 12.8. The maximum absolute atomic E-state index is 14.1. The van der Waals surface area contributed by atoms with Gasteiger partial charge < -0.3 is 10.2 Å². The van der Waals surface area contributed by atoms with Crippen LogP contribution in [-0.2, 0) is 26.2 Å². The molecule has 1 N–H and O–H groups in total. The first kappa shape index (κ1) is 32.7. The molecule has 3 rings (SSSR count). The minimum absolute atomic E-state index is 0.0203. The minimum atomic E-state index is -4.17. The van der Waals surface area contributed by atoms with Crippen LogP contribution in [0.4, 0.5) is 5.69 Å². The third kappa shape index (κ3) is 8.61. The summed E-state index contributed by atoms with van der Waals surface area (Å²) in [5.74, 6) is -0.891. The molecule has 3 aromatic rings. The van der Waals surface area contributed by atoms with Gasteiger partial charge in [-0.2, -0.15) is 0 Å². The number of halogens is 3. The number of hydrogen-bond donors (Lipinski definition) is 1. The summed E-state index contributed by atoms with van der Waals surface area (Å²) in [5, 5.41) is 4.08. The van der Waals surface area contributed by atoms with Crippen molar-refractivity contribution in [3.63, 3.8) is 0 Å². The van der Waals surface area contributed by atoms with E-state index in [2.05, 4.69) is 5.32 Å². The summed E-state index contributed by atoms with van der Waals surface area (Å²) in [6.45, 7) is 5.56. The van der Waals surface area contributed by atoms with E-state index in [0.717, 1.165) is 22.7 Å². The predicted octanol–water partition coefficient (Wildman–Crippen LogP) is 6.87. The molecule has 0 aliphatic carbocycles. The maximum atomic E-state index is 14.1. The fourth-order valence-corrected chi connectivity index (χ4v) is 6.24. The molecule has 0 saturated carbocycles. The molecular formula is C30H34Cl3N3O4S. The Morgan fingerprint density at radius 2 is 1.54 bits per heavy atom. The predicted molar refractivity (Wildman–Crippen MR) is 166 cm³/mol. The topological polar surface area (TPSA) is 86.8 Å². The van der Waals surface area contributed by atoms with E-state index in [9.17, 15) is 18.0 Å². The van der Waals surface area contributed by atoms with Crippen LogP contribution in [0.1, 0.15) is 44.2 Å². The van der Waals surface area contributed by atoms with Crippen LogP contribution < -0.4 is 9.62 Å². The zero-order chi connectivity index (χ0) is 30.2. The van der Waals surface area contributed by atoms with Gasteiger partial charge in [-0.05, 0) is 73.9 Å². The van der Waals surface area contributed by atoms with Crippen molar-refractivity contribution in [2.45, 2.75) is 57.5 Å². The zero-order valence-corrected chi connectivity index (χ0v) is 26.3. The number of nitrogens with zero attached hydrogens (tertiary/aromatic N) is 2. The molecule has 0 heterocycles. The number of anilines is 1. The second-order valence-electron chi connectivity index (χ2n) is 9.63. The second kappa shape index (κ2) is 14.9. The van der Waals surface area contributed by atoms with Crippen LogP contribution >= 0.6 is 34.8 Å². The Morgan fingerprint density at radius 3 is 2.12 bits per heavy atom. The largest absolute Gasteiger partial charge is 0.354 e. The van der Waals surface area contributed by atoms with Gasteiger partial charge in [0, 0.05) is 28.2 Å². The fraction of sp³-hybridized carbons (Fsp3) is 0.333.